The zero-order chi connectivity index (χ0) is 13.2. The molecule has 3 amide bonds. The van der Waals surface area contributed by atoms with Crippen molar-refractivity contribution in [3.63, 3.8) is 0 Å². The van der Waals surface area contributed by atoms with E-state index in [-0.39, 0.29) is 24.8 Å². The number of carbonyl (C=O) groups is 3. The fraction of sp³-hybridized carbons (Fsp3) is 0.727. The molecule has 17 heavy (non-hydrogen) atoms. The third-order valence-corrected chi connectivity index (χ3v) is 2.88. The Kier molecular flexibility index (Phi) is 3.87. The van der Waals surface area contributed by atoms with Crippen molar-refractivity contribution in [2.24, 2.45) is 11.1 Å². The first-order valence-electron chi connectivity index (χ1n) is 5.67. The van der Waals surface area contributed by atoms with Crippen LogP contribution < -0.4 is 11.1 Å². The zero-order valence-electron chi connectivity index (χ0n) is 10.4. The van der Waals surface area contributed by atoms with E-state index in [4.69, 9.17) is 5.73 Å². The van der Waals surface area contributed by atoms with Gasteiger partial charge in [-0.15, -0.1) is 0 Å². The van der Waals surface area contributed by atoms with Crippen LogP contribution in [0.1, 0.15) is 27.2 Å². The summed E-state index contributed by atoms with van der Waals surface area (Å²) in [5, 5.41) is 2.86. The Bertz CT molecular complexity index is 352. The Hall–Kier alpha value is -1.43. The molecule has 6 nitrogen and oxygen atoms in total. The lowest BCUT2D eigenvalue weighted by Gasteiger charge is -2.22. The van der Waals surface area contributed by atoms with E-state index in [0.717, 1.165) is 4.90 Å². The highest BCUT2D eigenvalue weighted by molar-refractivity contribution is 6.05. The second-order valence-electron chi connectivity index (χ2n) is 4.88. The van der Waals surface area contributed by atoms with Crippen LogP contribution in [0.3, 0.4) is 0 Å². The highest BCUT2D eigenvalue weighted by atomic mass is 16.2. The molecule has 0 spiro atoms. The smallest absolute Gasteiger partial charge is 0.236 e. The van der Waals surface area contributed by atoms with E-state index in [9.17, 15) is 14.4 Å². The molecular weight excluding hydrogens is 222 g/mol. The molecule has 1 aliphatic heterocycles. The van der Waals surface area contributed by atoms with Gasteiger partial charge in [-0.25, -0.2) is 0 Å². The maximum Gasteiger partial charge on any atom is 0.236 e. The quantitative estimate of drug-likeness (QED) is 0.618. The molecule has 6 heteroatoms. The number of nitrogens with zero attached hydrogens (tertiary/aromatic N) is 1. The van der Waals surface area contributed by atoms with Crippen LogP contribution in [0.15, 0.2) is 0 Å². The predicted octanol–water partition coefficient (Wildman–Crippen LogP) is -0.765. The minimum absolute atomic E-state index is 0.0181. The summed E-state index contributed by atoms with van der Waals surface area (Å²) in [7, 11) is 0. The molecule has 1 unspecified atom stereocenters. The number of hydrogen-bond acceptors (Lipinski definition) is 4. The summed E-state index contributed by atoms with van der Waals surface area (Å²) in [5.74, 6) is -1.05. The molecule has 0 aromatic rings. The average Bonchev–Trinajstić information content (AvgIpc) is 2.39. The lowest BCUT2D eigenvalue weighted by atomic mass is 9.92. The number of nitrogens with two attached hydrogens (primary N) is 1. The number of primary amides is 1. The van der Waals surface area contributed by atoms with Crippen LogP contribution in [0.2, 0.25) is 0 Å². The highest BCUT2D eigenvalue weighted by Gasteiger charge is 2.45. The average molecular weight is 241 g/mol. The van der Waals surface area contributed by atoms with Crippen molar-refractivity contribution in [3.8, 4) is 0 Å². The summed E-state index contributed by atoms with van der Waals surface area (Å²) in [6.07, 6.45) is 0.184. The summed E-state index contributed by atoms with van der Waals surface area (Å²) < 4.78 is 0. The standard InChI is InChI=1S/C11H19N3O3/c1-4-13-7(9(12)16)6-14-8(15)5-11(2,3)10(14)17/h7,13H,4-6H2,1-3H3,(H2,12,16). The summed E-state index contributed by atoms with van der Waals surface area (Å²) in [4.78, 5) is 35.9. The third kappa shape index (κ3) is 2.82. The number of likely N-dealkylation sites (tertiary alicyclic amines) is 1. The molecule has 0 aromatic heterocycles. The number of nitrogens with one attached hydrogen (secondary N) is 1. The SMILES string of the molecule is CCNC(CN1C(=O)CC(C)(C)C1=O)C(N)=O. The first kappa shape index (κ1) is 13.6. The van der Waals surface area contributed by atoms with Crippen molar-refractivity contribution in [2.45, 2.75) is 33.2 Å². The van der Waals surface area contributed by atoms with Gasteiger partial charge in [0.2, 0.25) is 17.7 Å². The van der Waals surface area contributed by atoms with Crippen LogP contribution >= 0.6 is 0 Å². The minimum atomic E-state index is -0.679. The fourth-order valence-electron chi connectivity index (χ4n) is 1.90. The van der Waals surface area contributed by atoms with Crippen LogP contribution in [0.4, 0.5) is 0 Å². The maximum atomic E-state index is 11.9. The van der Waals surface area contributed by atoms with Crippen LogP contribution in [0, 0.1) is 5.41 Å². The molecule has 0 aliphatic carbocycles. The van der Waals surface area contributed by atoms with Crippen molar-refractivity contribution >= 4 is 17.7 Å². The molecule has 1 saturated heterocycles. The second-order valence-corrected chi connectivity index (χ2v) is 4.88. The van der Waals surface area contributed by atoms with Gasteiger partial charge in [-0.3, -0.25) is 19.3 Å². The van der Waals surface area contributed by atoms with E-state index in [1.807, 2.05) is 6.92 Å². The third-order valence-electron chi connectivity index (χ3n) is 2.88. The summed E-state index contributed by atoms with van der Waals surface area (Å²) in [5.41, 5.74) is 4.53. The summed E-state index contributed by atoms with van der Waals surface area (Å²) in [6, 6.07) is -0.679. The minimum Gasteiger partial charge on any atom is -0.368 e. The van der Waals surface area contributed by atoms with Crippen molar-refractivity contribution in [1.29, 1.82) is 0 Å². The number of carbonyl (C=O) groups excluding carboxylic acids is 3. The molecule has 1 aliphatic rings. The first-order chi connectivity index (χ1) is 7.79. The molecular formula is C11H19N3O3. The molecule has 1 rings (SSSR count). The largest absolute Gasteiger partial charge is 0.368 e. The van der Waals surface area contributed by atoms with E-state index in [1.54, 1.807) is 13.8 Å². The van der Waals surface area contributed by atoms with Crippen molar-refractivity contribution in [3.05, 3.63) is 0 Å². The molecule has 0 aromatic carbocycles. The molecule has 96 valence electrons. The van der Waals surface area contributed by atoms with Gasteiger partial charge in [0.05, 0.1) is 12.0 Å². The van der Waals surface area contributed by atoms with Crippen LogP contribution in [-0.2, 0) is 14.4 Å². The van der Waals surface area contributed by atoms with Crippen molar-refractivity contribution in [2.75, 3.05) is 13.1 Å². The van der Waals surface area contributed by atoms with E-state index >= 15 is 0 Å². The lowest BCUT2D eigenvalue weighted by molar-refractivity contribution is -0.141. The topological polar surface area (TPSA) is 92.5 Å². The normalized spacial score (nSPS) is 20.8. The van der Waals surface area contributed by atoms with Crippen LogP contribution in [0.25, 0.3) is 0 Å². The van der Waals surface area contributed by atoms with Gasteiger partial charge < -0.3 is 11.1 Å². The molecule has 1 heterocycles. The fourth-order valence-corrected chi connectivity index (χ4v) is 1.90. The van der Waals surface area contributed by atoms with Crippen LogP contribution in [-0.4, -0.2) is 41.8 Å². The van der Waals surface area contributed by atoms with E-state index in [1.165, 1.54) is 0 Å². The molecule has 0 bridgehead atoms. The maximum absolute atomic E-state index is 11.9. The molecule has 0 saturated carbocycles. The number of hydrogen-bond donors (Lipinski definition) is 2. The lowest BCUT2D eigenvalue weighted by Crippen LogP contribution is -2.50. The Morgan fingerprint density at radius 1 is 1.53 bits per heavy atom. The van der Waals surface area contributed by atoms with Gasteiger partial charge >= 0.3 is 0 Å². The Morgan fingerprint density at radius 3 is 2.47 bits per heavy atom. The van der Waals surface area contributed by atoms with E-state index in [2.05, 4.69) is 5.32 Å². The van der Waals surface area contributed by atoms with Gasteiger partial charge in [0.15, 0.2) is 0 Å². The van der Waals surface area contributed by atoms with E-state index in [0.29, 0.717) is 6.54 Å². The Balaban J connectivity index is 2.77. The number of likely N-dealkylation sites (N-methyl/N-ethyl adjacent to an activating group) is 1. The summed E-state index contributed by atoms with van der Waals surface area (Å²) >= 11 is 0. The van der Waals surface area contributed by atoms with Crippen LogP contribution in [0.5, 0.6) is 0 Å². The Labute approximate surface area is 101 Å². The number of rotatable bonds is 5. The van der Waals surface area contributed by atoms with Gasteiger partial charge in [0, 0.05) is 6.42 Å². The first-order valence-corrected chi connectivity index (χ1v) is 5.67. The van der Waals surface area contributed by atoms with Crippen molar-refractivity contribution < 1.29 is 14.4 Å². The zero-order valence-corrected chi connectivity index (χ0v) is 10.4. The van der Waals surface area contributed by atoms with Crippen molar-refractivity contribution in [1.82, 2.24) is 10.2 Å². The molecule has 0 radical (unpaired) electrons. The Morgan fingerprint density at radius 2 is 2.12 bits per heavy atom. The van der Waals surface area contributed by atoms with Gasteiger partial charge in [-0.1, -0.05) is 20.8 Å². The predicted molar refractivity (Wildman–Crippen MR) is 61.8 cm³/mol. The molecule has 1 fully saturated rings. The highest BCUT2D eigenvalue weighted by Crippen LogP contribution is 2.31. The molecule has 1 atom stereocenters. The molecule has 3 N–H and O–H groups in total. The number of imide groups is 1. The summed E-state index contributed by atoms with van der Waals surface area (Å²) in [6.45, 7) is 5.84. The second kappa shape index (κ2) is 4.83. The monoisotopic (exact) mass is 241 g/mol. The van der Waals surface area contributed by atoms with Gasteiger partial charge in [0.25, 0.3) is 0 Å². The number of amides is 3. The van der Waals surface area contributed by atoms with E-state index < -0.39 is 17.4 Å². The van der Waals surface area contributed by atoms with Gasteiger partial charge in [0.1, 0.15) is 6.04 Å². The van der Waals surface area contributed by atoms with Gasteiger partial charge in [-0.05, 0) is 6.54 Å². The van der Waals surface area contributed by atoms with Gasteiger partial charge in [-0.2, -0.15) is 0 Å².